The molecular formula is C15H15ClN2O2. The predicted molar refractivity (Wildman–Crippen MR) is 78.1 cm³/mol. The van der Waals surface area contributed by atoms with Gasteiger partial charge in [-0.2, -0.15) is 0 Å². The van der Waals surface area contributed by atoms with Crippen LogP contribution in [0.15, 0.2) is 48.7 Å². The first-order valence-electron chi connectivity index (χ1n) is 6.21. The van der Waals surface area contributed by atoms with Gasteiger partial charge in [-0.05, 0) is 30.3 Å². The molecule has 1 heterocycles. The monoisotopic (exact) mass is 290 g/mol. The molecule has 0 unspecified atom stereocenters. The first kappa shape index (κ1) is 14.3. The van der Waals surface area contributed by atoms with Gasteiger partial charge in [-0.1, -0.05) is 23.7 Å². The number of likely N-dealkylation sites (N-methyl/N-ethyl adjacent to an activating group) is 1. The number of amides is 1. The second-order valence-electron chi connectivity index (χ2n) is 4.25. The quantitative estimate of drug-likeness (QED) is 0.850. The second-order valence-corrected chi connectivity index (χ2v) is 4.68. The fourth-order valence-corrected chi connectivity index (χ4v) is 1.82. The lowest BCUT2D eigenvalue weighted by Gasteiger charge is -2.17. The Morgan fingerprint density at radius 3 is 2.85 bits per heavy atom. The number of rotatable bonds is 5. The van der Waals surface area contributed by atoms with Crippen LogP contribution >= 0.6 is 11.6 Å². The fourth-order valence-electron chi connectivity index (χ4n) is 1.64. The van der Waals surface area contributed by atoms with E-state index in [-0.39, 0.29) is 5.91 Å². The van der Waals surface area contributed by atoms with Crippen LogP contribution in [0.1, 0.15) is 10.5 Å². The molecule has 0 bridgehead atoms. The Labute approximate surface area is 123 Å². The highest BCUT2D eigenvalue weighted by Gasteiger charge is 2.12. The molecule has 0 aliphatic heterocycles. The molecule has 0 aliphatic rings. The zero-order valence-corrected chi connectivity index (χ0v) is 11.9. The molecule has 0 radical (unpaired) electrons. The molecular weight excluding hydrogens is 276 g/mol. The molecule has 1 aromatic heterocycles. The van der Waals surface area contributed by atoms with Crippen LogP contribution in [-0.2, 0) is 0 Å². The van der Waals surface area contributed by atoms with E-state index in [1.165, 1.54) is 0 Å². The third-order valence-corrected chi connectivity index (χ3v) is 2.96. The zero-order chi connectivity index (χ0) is 14.4. The molecule has 4 nitrogen and oxygen atoms in total. The number of ether oxygens (including phenoxy) is 1. The number of nitrogens with zero attached hydrogens (tertiary/aromatic N) is 2. The van der Waals surface area contributed by atoms with Gasteiger partial charge in [0, 0.05) is 18.3 Å². The Balaban J connectivity index is 1.83. The maximum absolute atomic E-state index is 12.0. The summed E-state index contributed by atoms with van der Waals surface area (Å²) in [6.45, 7) is 0.872. The smallest absolute Gasteiger partial charge is 0.272 e. The summed E-state index contributed by atoms with van der Waals surface area (Å²) >= 11 is 5.86. The molecule has 1 amide bonds. The van der Waals surface area contributed by atoms with E-state index in [1.807, 2.05) is 12.1 Å². The minimum Gasteiger partial charge on any atom is -0.492 e. The third kappa shape index (κ3) is 3.96. The number of hydrogen-bond acceptors (Lipinski definition) is 3. The summed E-state index contributed by atoms with van der Waals surface area (Å²) in [6.07, 6.45) is 1.60. The summed E-state index contributed by atoms with van der Waals surface area (Å²) in [5.74, 6) is 0.566. The van der Waals surface area contributed by atoms with Gasteiger partial charge in [-0.3, -0.25) is 9.78 Å². The highest BCUT2D eigenvalue weighted by Crippen LogP contribution is 2.16. The molecule has 104 valence electrons. The molecule has 20 heavy (non-hydrogen) atoms. The van der Waals surface area contributed by atoms with Gasteiger partial charge in [-0.25, -0.2) is 0 Å². The van der Waals surface area contributed by atoms with Crippen LogP contribution in [0.2, 0.25) is 5.02 Å². The third-order valence-electron chi connectivity index (χ3n) is 2.72. The van der Waals surface area contributed by atoms with Crippen LogP contribution in [0.25, 0.3) is 0 Å². The summed E-state index contributed by atoms with van der Waals surface area (Å²) in [6, 6.07) is 12.4. The molecule has 0 saturated heterocycles. The standard InChI is InChI=1S/C15H15ClN2O2/c1-18(15(19)14-7-2-3-8-17-14)9-10-20-13-6-4-5-12(16)11-13/h2-8,11H,9-10H2,1H3. The van der Waals surface area contributed by atoms with Gasteiger partial charge >= 0.3 is 0 Å². The van der Waals surface area contributed by atoms with E-state index < -0.39 is 0 Å². The van der Waals surface area contributed by atoms with E-state index >= 15 is 0 Å². The topological polar surface area (TPSA) is 42.4 Å². The van der Waals surface area contributed by atoms with Gasteiger partial charge in [0.15, 0.2) is 0 Å². The SMILES string of the molecule is CN(CCOc1cccc(Cl)c1)C(=O)c1ccccn1. The Morgan fingerprint density at radius 2 is 2.15 bits per heavy atom. The number of pyridine rings is 1. The largest absolute Gasteiger partial charge is 0.492 e. The molecule has 1 aromatic carbocycles. The van der Waals surface area contributed by atoms with Crippen LogP contribution in [0.3, 0.4) is 0 Å². The van der Waals surface area contributed by atoms with Crippen molar-refractivity contribution >= 4 is 17.5 Å². The molecule has 5 heteroatoms. The average molecular weight is 291 g/mol. The van der Waals surface area contributed by atoms with Crippen LogP contribution < -0.4 is 4.74 Å². The van der Waals surface area contributed by atoms with E-state index in [2.05, 4.69) is 4.98 Å². The molecule has 0 spiro atoms. The lowest BCUT2D eigenvalue weighted by Crippen LogP contribution is -2.31. The van der Waals surface area contributed by atoms with Crippen LogP contribution in [0.5, 0.6) is 5.75 Å². The number of benzene rings is 1. The molecule has 0 N–H and O–H groups in total. The predicted octanol–water partition coefficient (Wildman–Crippen LogP) is 2.89. The first-order valence-corrected chi connectivity index (χ1v) is 6.59. The first-order chi connectivity index (χ1) is 9.66. The van der Waals surface area contributed by atoms with Crippen molar-refractivity contribution < 1.29 is 9.53 Å². The molecule has 2 rings (SSSR count). The van der Waals surface area contributed by atoms with Gasteiger partial charge in [0.2, 0.25) is 0 Å². The maximum atomic E-state index is 12.0. The Morgan fingerprint density at radius 1 is 1.30 bits per heavy atom. The van der Waals surface area contributed by atoms with E-state index in [1.54, 1.807) is 48.5 Å². The van der Waals surface area contributed by atoms with Crippen molar-refractivity contribution in [2.24, 2.45) is 0 Å². The summed E-state index contributed by atoms with van der Waals surface area (Å²) in [5.41, 5.74) is 0.428. The lowest BCUT2D eigenvalue weighted by molar-refractivity contribution is 0.0768. The number of hydrogen-bond donors (Lipinski definition) is 0. The Hall–Kier alpha value is -2.07. The fraction of sp³-hybridized carbons (Fsp3) is 0.200. The minimum atomic E-state index is -0.125. The molecule has 0 saturated carbocycles. The van der Waals surface area contributed by atoms with Gasteiger partial charge in [-0.15, -0.1) is 0 Å². The molecule has 2 aromatic rings. The van der Waals surface area contributed by atoms with Crippen LogP contribution in [-0.4, -0.2) is 36.0 Å². The van der Waals surface area contributed by atoms with E-state index in [0.717, 1.165) is 0 Å². The second kappa shape index (κ2) is 6.91. The van der Waals surface area contributed by atoms with Gasteiger partial charge in [0.25, 0.3) is 5.91 Å². The Kier molecular flexibility index (Phi) is 4.96. The van der Waals surface area contributed by atoms with Crippen molar-refractivity contribution in [3.05, 3.63) is 59.4 Å². The summed E-state index contributed by atoms with van der Waals surface area (Å²) in [4.78, 5) is 17.6. The minimum absolute atomic E-state index is 0.125. The van der Waals surface area contributed by atoms with Crippen molar-refractivity contribution in [3.63, 3.8) is 0 Å². The van der Waals surface area contributed by atoms with Crippen molar-refractivity contribution in [1.29, 1.82) is 0 Å². The number of halogens is 1. The zero-order valence-electron chi connectivity index (χ0n) is 11.1. The van der Waals surface area contributed by atoms with Crippen molar-refractivity contribution in [3.8, 4) is 5.75 Å². The molecule has 0 aliphatic carbocycles. The van der Waals surface area contributed by atoms with Crippen molar-refractivity contribution in [2.75, 3.05) is 20.2 Å². The number of carbonyl (C=O) groups is 1. The van der Waals surface area contributed by atoms with Crippen LogP contribution in [0, 0.1) is 0 Å². The van der Waals surface area contributed by atoms with Crippen LogP contribution in [0.4, 0.5) is 0 Å². The van der Waals surface area contributed by atoms with Crippen molar-refractivity contribution in [2.45, 2.75) is 0 Å². The molecule has 0 fully saturated rings. The van der Waals surface area contributed by atoms with Gasteiger partial charge < -0.3 is 9.64 Å². The average Bonchev–Trinajstić information content (AvgIpc) is 2.47. The number of aromatic nitrogens is 1. The number of carbonyl (C=O) groups excluding carboxylic acids is 1. The maximum Gasteiger partial charge on any atom is 0.272 e. The van der Waals surface area contributed by atoms with Gasteiger partial charge in [0.1, 0.15) is 18.1 Å². The summed E-state index contributed by atoms with van der Waals surface area (Å²) in [5, 5.41) is 0.625. The molecule has 0 atom stereocenters. The normalized spacial score (nSPS) is 10.1. The van der Waals surface area contributed by atoms with E-state index in [0.29, 0.717) is 29.6 Å². The highest BCUT2D eigenvalue weighted by atomic mass is 35.5. The summed E-state index contributed by atoms with van der Waals surface area (Å²) < 4.78 is 5.54. The lowest BCUT2D eigenvalue weighted by atomic mass is 10.3. The van der Waals surface area contributed by atoms with Crippen molar-refractivity contribution in [1.82, 2.24) is 9.88 Å². The summed E-state index contributed by atoms with van der Waals surface area (Å²) in [7, 11) is 1.72. The van der Waals surface area contributed by atoms with Gasteiger partial charge in [0.05, 0.1) is 6.54 Å². The highest BCUT2D eigenvalue weighted by molar-refractivity contribution is 6.30. The van der Waals surface area contributed by atoms with E-state index in [4.69, 9.17) is 16.3 Å². The Bertz CT molecular complexity index is 575. The van der Waals surface area contributed by atoms with E-state index in [9.17, 15) is 4.79 Å².